The Labute approximate surface area is 154 Å². The minimum atomic E-state index is -0.588. The van der Waals surface area contributed by atoms with E-state index in [1.165, 1.54) is 18.2 Å². The van der Waals surface area contributed by atoms with E-state index >= 15 is 0 Å². The van der Waals surface area contributed by atoms with Crippen LogP contribution >= 0.6 is 11.6 Å². The monoisotopic (exact) mass is 370 g/mol. The Morgan fingerprint density at radius 3 is 2.73 bits per heavy atom. The molecule has 2 aromatic carbocycles. The zero-order chi connectivity index (χ0) is 18.5. The highest BCUT2D eigenvalue weighted by Crippen LogP contribution is 2.24. The van der Waals surface area contributed by atoms with Gasteiger partial charge >= 0.3 is 0 Å². The van der Waals surface area contributed by atoms with E-state index in [9.17, 15) is 14.9 Å². The summed E-state index contributed by atoms with van der Waals surface area (Å²) in [7, 11) is 0. The van der Waals surface area contributed by atoms with Gasteiger partial charge < -0.3 is 9.88 Å². The van der Waals surface area contributed by atoms with Crippen LogP contribution in [0.2, 0.25) is 5.02 Å². The highest BCUT2D eigenvalue weighted by atomic mass is 35.5. The number of hydrogen-bond acceptors (Lipinski definition) is 4. The molecular formula is C18H15ClN4O3. The molecule has 0 aliphatic rings. The van der Waals surface area contributed by atoms with Gasteiger partial charge in [-0.2, -0.15) is 0 Å². The van der Waals surface area contributed by atoms with E-state index in [-0.39, 0.29) is 22.2 Å². The van der Waals surface area contributed by atoms with Crippen LogP contribution in [0.3, 0.4) is 0 Å². The van der Waals surface area contributed by atoms with Crippen molar-refractivity contribution >= 4 is 23.2 Å². The normalized spacial score (nSPS) is 10.5. The number of nitrogens with one attached hydrogen (secondary N) is 1. The molecule has 1 N–H and O–H groups in total. The number of rotatable bonds is 6. The highest BCUT2D eigenvalue weighted by Gasteiger charge is 2.15. The number of imidazole rings is 1. The third kappa shape index (κ3) is 4.25. The molecule has 1 heterocycles. The molecule has 0 unspecified atom stereocenters. The van der Waals surface area contributed by atoms with Crippen LogP contribution in [0.15, 0.2) is 61.2 Å². The molecule has 3 aromatic rings. The molecule has 3 rings (SSSR count). The Hall–Kier alpha value is -3.19. The zero-order valence-electron chi connectivity index (χ0n) is 13.6. The Balaban J connectivity index is 1.64. The highest BCUT2D eigenvalue weighted by molar-refractivity contribution is 6.33. The van der Waals surface area contributed by atoms with E-state index < -0.39 is 4.92 Å². The molecule has 7 nitrogen and oxygen atoms in total. The van der Waals surface area contributed by atoms with E-state index in [4.69, 9.17) is 11.6 Å². The van der Waals surface area contributed by atoms with Crippen LogP contribution in [0.1, 0.15) is 21.5 Å². The Kier molecular flexibility index (Phi) is 5.28. The van der Waals surface area contributed by atoms with Gasteiger partial charge in [-0.3, -0.25) is 14.9 Å². The van der Waals surface area contributed by atoms with Crippen LogP contribution in [0.5, 0.6) is 0 Å². The van der Waals surface area contributed by atoms with Crippen molar-refractivity contribution in [3.05, 3.63) is 93.0 Å². The van der Waals surface area contributed by atoms with Crippen molar-refractivity contribution < 1.29 is 9.72 Å². The first kappa shape index (κ1) is 17.6. The number of nitro benzene ring substituents is 1. The molecule has 0 aliphatic heterocycles. The lowest BCUT2D eigenvalue weighted by Crippen LogP contribution is -2.22. The SMILES string of the molecule is O=C(NCc1cccc(Cn2ccnc2)c1)c1ccc([N+](=O)[O-])c(Cl)c1. The van der Waals surface area contributed by atoms with Crippen molar-refractivity contribution in [3.8, 4) is 0 Å². The maximum absolute atomic E-state index is 12.2. The molecule has 1 amide bonds. The quantitative estimate of drug-likeness (QED) is 0.531. The lowest BCUT2D eigenvalue weighted by molar-refractivity contribution is -0.384. The molecule has 26 heavy (non-hydrogen) atoms. The van der Waals surface area contributed by atoms with Crippen LogP contribution in [0.25, 0.3) is 0 Å². The molecule has 0 bridgehead atoms. The van der Waals surface area contributed by atoms with Crippen LogP contribution in [0, 0.1) is 10.1 Å². The van der Waals surface area contributed by atoms with Crippen molar-refractivity contribution in [3.63, 3.8) is 0 Å². The first-order valence-corrected chi connectivity index (χ1v) is 8.16. The van der Waals surface area contributed by atoms with E-state index in [1.807, 2.05) is 35.0 Å². The van der Waals surface area contributed by atoms with Crippen molar-refractivity contribution in [2.75, 3.05) is 0 Å². The minimum Gasteiger partial charge on any atom is -0.348 e. The fraction of sp³-hybridized carbons (Fsp3) is 0.111. The van der Waals surface area contributed by atoms with Gasteiger partial charge in [-0.1, -0.05) is 35.9 Å². The maximum atomic E-state index is 12.2. The second-order valence-corrected chi connectivity index (χ2v) is 6.07. The maximum Gasteiger partial charge on any atom is 0.287 e. The Bertz CT molecular complexity index is 941. The van der Waals surface area contributed by atoms with Gasteiger partial charge in [0.15, 0.2) is 0 Å². The van der Waals surface area contributed by atoms with Crippen LogP contribution < -0.4 is 5.32 Å². The topological polar surface area (TPSA) is 90.1 Å². The summed E-state index contributed by atoms with van der Waals surface area (Å²) >= 11 is 5.84. The number of benzene rings is 2. The third-order valence-electron chi connectivity index (χ3n) is 3.78. The molecule has 1 aromatic heterocycles. The van der Waals surface area contributed by atoms with E-state index in [1.54, 1.807) is 12.5 Å². The molecule has 0 radical (unpaired) electrons. The molecule has 0 saturated heterocycles. The molecule has 8 heteroatoms. The first-order chi connectivity index (χ1) is 12.5. The van der Waals surface area contributed by atoms with Crippen LogP contribution in [-0.4, -0.2) is 20.4 Å². The van der Waals surface area contributed by atoms with Gasteiger partial charge in [-0.25, -0.2) is 4.98 Å². The van der Waals surface area contributed by atoms with Crippen molar-refractivity contribution in [2.24, 2.45) is 0 Å². The van der Waals surface area contributed by atoms with E-state index in [0.717, 1.165) is 11.1 Å². The molecule has 132 valence electrons. The first-order valence-electron chi connectivity index (χ1n) is 7.78. The summed E-state index contributed by atoms with van der Waals surface area (Å²) in [5, 5.41) is 13.5. The Morgan fingerprint density at radius 2 is 2.04 bits per heavy atom. The molecule has 0 fully saturated rings. The largest absolute Gasteiger partial charge is 0.348 e. The average Bonchev–Trinajstić information content (AvgIpc) is 3.12. The summed E-state index contributed by atoms with van der Waals surface area (Å²) in [5.41, 5.74) is 2.09. The van der Waals surface area contributed by atoms with Crippen LogP contribution in [0.4, 0.5) is 5.69 Å². The number of nitro groups is 1. The number of hydrogen-bond donors (Lipinski definition) is 1. The van der Waals surface area contributed by atoms with Crippen molar-refractivity contribution in [1.82, 2.24) is 14.9 Å². The van der Waals surface area contributed by atoms with Gasteiger partial charge in [0.05, 0.1) is 11.3 Å². The van der Waals surface area contributed by atoms with Gasteiger partial charge in [0.2, 0.25) is 0 Å². The summed E-state index contributed by atoms with van der Waals surface area (Å²) in [6, 6.07) is 11.8. The van der Waals surface area contributed by atoms with E-state index in [2.05, 4.69) is 10.3 Å². The summed E-state index contributed by atoms with van der Waals surface area (Å²) in [6.07, 6.45) is 5.35. The van der Waals surface area contributed by atoms with Gasteiger partial charge in [0.1, 0.15) is 5.02 Å². The number of carbonyl (C=O) groups is 1. The summed E-state index contributed by atoms with van der Waals surface area (Å²) in [4.78, 5) is 26.4. The van der Waals surface area contributed by atoms with Crippen molar-refractivity contribution in [2.45, 2.75) is 13.1 Å². The minimum absolute atomic E-state index is 0.0648. The lowest BCUT2D eigenvalue weighted by Gasteiger charge is -2.08. The molecular weight excluding hydrogens is 356 g/mol. The Morgan fingerprint density at radius 1 is 1.23 bits per heavy atom. The fourth-order valence-electron chi connectivity index (χ4n) is 2.51. The molecule has 0 aliphatic carbocycles. The van der Waals surface area contributed by atoms with Gasteiger partial charge in [0, 0.05) is 37.1 Å². The predicted molar refractivity (Wildman–Crippen MR) is 97.0 cm³/mol. The zero-order valence-corrected chi connectivity index (χ0v) is 14.4. The summed E-state index contributed by atoms with van der Waals surface area (Å²) in [6.45, 7) is 1.03. The summed E-state index contributed by atoms with van der Waals surface area (Å²) in [5.74, 6) is -0.346. The third-order valence-corrected chi connectivity index (χ3v) is 4.08. The molecule has 0 saturated carbocycles. The smallest absolute Gasteiger partial charge is 0.287 e. The van der Waals surface area contributed by atoms with Gasteiger partial charge in [0.25, 0.3) is 11.6 Å². The number of nitrogens with zero attached hydrogens (tertiary/aromatic N) is 3. The lowest BCUT2D eigenvalue weighted by atomic mass is 10.1. The second kappa shape index (κ2) is 7.79. The summed E-state index contributed by atoms with van der Waals surface area (Å²) < 4.78 is 1.95. The number of aromatic nitrogens is 2. The van der Waals surface area contributed by atoms with Crippen molar-refractivity contribution in [1.29, 1.82) is 0 Å². The predicted octanol–water partition coefficient (Wildman–Crippen LogP) is 3.42. The fourth-order valence-corrected chi connectivity index (χ4v) is 2.76. The van der Waals surface area contributed by atoms with E-state index in [0.29, 0.717) is 13.1 Å². The van der Waals surface area contributed by atoms with Gasteiger partial charge in [-0.15, -0.1) is 0 Å². The number of halogens is 1. The molecule has 0 spiro atoms. The second-order valence-electron chi connectivity index (χ2n) is 5.66. The molecule has 0 atom stereocenters. The van der Waals surface area contributed by atoms with Crippen LogP contribution in [-0.2, 0) is 13.1 Å². The average molecular weight is 371 g/mol. The standard InChI is InChI=1S/C18H15ClN4O3/c19-16-9-15(4-5-17(16)23(25)26)18(24)21-10-13-2-1-3-14(8-13)11-22-7-6-20-12-22/h1-9,12H,10-11H2,(H,21,24). The number of amides is 1. The number of carbonyl (C=O) groups excluding carboxylic acids is 1. The van der Waals surface area contributed by atoms with Gasteiger partial charge in [-0.05, 0) is 23.3 Å².